The van der Waals surface area contributed by atoms with Gasteiger partial charge in [0, 0.05) is 49.0 Å². The number of carbonyl (C=O) groups excluding carboxylic acids is 1. The van der Waals surface area contributed by atoms with Crippen LogP contribution in [0.4, 0.5) is 22.0 Å². The predicted octanol–water partition coefficient (Wildman–Crippen LogP) is 4.74. The van der Waals surface area contributed by atoms with Crippen LogP contribution < -0.4 is 15.5 Å². The second-order valence-corrected chi connectivity index (χ2v) is 13.4. The molecule has 0 radical (unpaired) electrons. The van der Waals surface area contributed by atoms with Crippen LogP contribution in [0, 0.1) is 6.92 Å². The summed E-state index contributed by atoms with van der Waals surface area (Å²) >= 11 is 0. The Labute approximate surface area is 224 Å². The van der Waals surface area contributed by atoms with E-state index < -0.39 is 10.0 Å². The molecule has 2 fully saturated rings. The Morgan fingerprint density at radius 1 is 0.895 bits per heavy atom. The van der Waals surface area contributed by atoms with Crippen molar-refractivity contribution in [1.29, 1.82) is 0 Å². The Bertz CT molecular complexity index is 1400. The van der Waals surface area contributed by atoms with E-state index >= 15 is 0 Å². The van der Waals surface area contributed by atoms with E-state index in [-0.39, 0.29) is 16.7 Å². The highest BCUT2D eigenvalue weighted by atomic mass is 32.2. The third-order valence-corrected chi connectivity index (χ3v) is 9.43. The fourth-order valence-corrected chi connectivity index (χ4v) is 6.36. The molecule has 2 amide bonds. The molecule has 2 N–H and O–H groups in total. The van der Waals surface area contributed by atoms with Crippen molar-refractivity contribution in [2.75, 3.05) is 41.7 Å². The maximum atomic E-state index is 12.9. The molecule has 5 rings (SSSR count). The Morgan fingerprint density at radius 3 is 2.08 bits per heavy atom. The zero-order valence-electron chi connectivity index (χ0n) is 22.4. The van der Waals surface area contributed by atoms with Crippen molar-refractivity contribution in [1.82, 2.24) is 14.1 Å². The summed E-state index contributed by atoms with van der Waals surface area (Å²) in [6, 6.07) is 17.2. The number of nitrogens with one attached hydrogen (secondary N) is 2. The van der Waals surface area contributed by atoms with Crippen LogP contribution in [0.1, 0.15) is 44.9 Å². The maximum absolute atomic E-state index is 12.9. The first-order valence-electron chi connectivity index (χ1n) is 13.1. The van der Waals surface area contributed by atoms with E-state index in [4.69, 9.17) is 5.10 Å². The topological polar surface area (TPSA) is 99.6 Å². The van der Waals surface area contributed by atoms with Gasteiger partial charge >= 0.3 is 6.03 Å². The molecule has 38 heavy (non-hydrogen) atoms. The molecule has 10 heteroatoms. The Kier molecular flexibility index (Phi) is 6.96. The van der Waals surface area contributed by atoms with E-state index in [1.54, 1.807) is 8.99 Å². The van der Waals surface area contributed by atoms with Crippen LogP contribution in [-0.2, 0) is 15.4 Å². The summed E-state index contributed by atoms with van der Waals surface area (Å²) < 4.78 is 28.4. The first-order valence-corrected chi connectivity index (χ1v) is 14.6. The van der Waals surface area contributed by atoms with E-state index in [1.165, 1.54) is 0 Å². The van der Waals surface area contributed by atoms with E-state index in [0.29, 0.717) is 37.7 Å². The highest BCUT2D eigenvalue weighted by molar-refractivity contribution is 7.90. The molecule has 1 aromatic heterocycles. The number of hydrogen-bond donors (Lipinski definition) is 2. The minimum absolute atomic E-state index is 0.166. The number of sulfonamides is 1. The quantitative estimate of drug-likeness (QED) is 0.474. The van der Waals surface area contributed by atoms with Crippen molar-refractivity contribution in [2.45, 2.75) is 51.2 Å². The summed E-state index contributed by atoms with van der Waals surface area (Å²) in [5.74, 6) is 0.590. The number of anilines is 3. The molecule has 1 aliphatic carbocycles. The van der Waals surface area contributed by atoms with E-state index in [0.717, 1.165) is 35.5 Å². The monoisotopic (exact) mass is 536 g/mol. The summed E-state index contributed by atoms with van der Waals surface area (Å²) in [4.78, 5) is 15.1. The maximum Gasteiger partial charge on any atom is 0.324 e. The van der Waals surface area contributed by atoms with Gasteiger partial charge in [0.25, 0.3) is 0 Å². The van der Waals surface area contributed by atoms with E-state index in [2.05, 4.69) is 36.3 Å². The number of piperazine rings is 1. The molecule has 2 heterocycles. The molecule has 0 unspecified atom stereocenters. The van der Waals surface area contributed by atoms with Gasteiger partial charge in [-0.25, -0.2) is 17.9 Å². The molecule has 0 bridgehead atoms. The summed E-state index contributed by atoms with van der Waals surface area (Å²) in [5, 5.41) is 10.5. The van der Waals surface area contributed by atoms with Crippen molar-refractivity contribution in [3.63, 3.8) is 0 Å². The first kappa shape index (κ1) is 26.2. The molecule has 2 aromatic carbocycles. The van der Waals surface area contributed by atoms with Crippen molar-refractivity contribution in [3.8, 4) is 5.69 Å². The second-order valence-electron chi connectivity index (χ2n) is 11.2. The lowest BCUT2D eigenvalue weighted by Crippen LogP contribution is -2.49. The lowest BCUT2D eigenvalue weighted by atomic mass is 9.92. The summed E-state index contributed by atoms with van der Waals surface area (Å²) in [5.41, 5.74) is 4.40. The normalized spacial score (nSPS) is 16.9. The minimum Gasteiger partial charge on any atom is -0.369 e. The summed E-state index contributed by atoms with van der Waals surface area (Å²) in [6.07, 6.45) is 1.58. The first-order chi connectivity index (χ1) is 18.0. The van der Waals surface area contributed by atoms with Gasteiger partial charge < -0.3 is 10.2 Å². The number of aryl methyl sites for hydroxylation is 1. The SMILES string of the molecule is Cc1ccc(-n2nc(C(C)(C)C)cc2NC(=O)Nc2ccc(N3CCN(S(=O)(=O)C4CC4)CC3)cc2)cc1. The molecule has 1 saturated heterocycles. The number of aromatic nitrogens is 2. The molecule has 2 aliphatic rings. The molecule has 0 atom stereocenters. The molecule has 0 spiro atoms. The lowest BCUT2D eigenvalue weighted by molar-refractivity contribution is 0.262. The van der Waals surface area contributed by atoms with Gasteiger partial charge in [0.1, 0.15) is 5.82 Å². The number of carbonyl (C=O) groups is 1. The average molecular weight is 537 g/mol. The van der Waals surface area contributed by atoms with Crippen LogP contribution in [0.5, 0.6) is 0 Å². The molecule has 202 valence electrons. The highest BCUT2D eigenvalue weighted by Crippen LogP contribution is 2.32. The molecule has 9 nitrogen and oxygen atoms in total. The number of amides is 2. The van der Waals surface area contributed by atoms with Gasteiger partial charge in [-0.3, -0.25) is 5.32 Å². The number of urea groups is 1. The lowest BCUT2D eigenvalue weighted by Gasteiger charge is -2.35. The molecule has 3 aromatic rings. The van der Waals surface area contributed by atoms with Gasteiger partial charge in [-0.15, -0.1) is 0 Å². The standard InChI is InChI=1S/C28H36N6O3S/c1-20-5-9-23(10-6-20)34-26(19-25(31-34)28(2,3)4)30-27(35)29-21-7-11-22(12-8-21)32-15-17-33(18-16-32)38(36,37)24-13-14-24/h5-12,19,24H,13-18H2,1-4H3,(H2,29,30,35). The zero-order valence-corrected chi connectivity index (χ0v) is 23.3. The van der Waals surface area contributed by atoms with Crippen LogP contribution in [-0.4, -0.2) is 60.0 Å². The number of nitrogens with zero attached hydrogens (tertiary/aromatic N) is 4. The highest BCUT2D eigenvalue weighted by Gasteiger charge is 2.41. The fourth-order valence-electron chi connectivity index (χ4n) is 4.53. The van der Waals surface area contributed by atoms with Crippen LogP contribution in [0.25, 0.3) is 5.69 Å². The van der Waals surface area contributed by atoms with Crippen molar-refractivity contribution in [2.24, 2.45) is 0 Å². The average Bonchev–Trinajstić information content (AvgIpc) is 3.66. The van der Waals surface area contributed by atoms with Crippen LogP contribution in [0.2, 0.25) is 0 Å². The smallest absolute Gasteiger partial charge is 0.324 e. The predicted molar refractivity (Wildman–Crippen MR) is 152 cm³/mol. The largest absolute Gasteiger partial charge is 0.369 e. The fraction of sp³-hybridized carbons (Fsp3) is 0.429. The third-order valence-electron chi connectivity index (χ3n) is 7.03. The molecular formula is C28H36N6O3S. The Balaban J connectivity index is 1.23. The van der Waals surface area contributed by atoms with Crippen molar-refractivity contribution >= 4 is 33.2 Å². The van der Waals surface area contributed by atoms with E-state index in [9.17, 15) is 13.2 Å². The van der Waals surface area contributed by atoms with Crippen molar-refractivity contribution < 1.29 is 13.2 Å². The minimum atomic E-state index is -3.12. The van der Waals surface area contributed by atoms with E-state index in [1.807, 2.05) is 61.5 Å². The van der Waals surface area contributed by atoms with Crippen LogP contribution in [0.15, 0.2) is 54.6 Å². The van der Waals surface area contributed by atoms with Gasteiger partial charge in [0.2, 0.25) is 10.0 Å². The second kappa shape index (κ2) is 10.1. The number of benzene rings is 2. The van der Waals surface area contributed by atoms with Crippen LogP contribution >= 0.6 is 0 Å². The number of hydrogen-bond acceptors (Lipinski definition) is 5. The van der Waals surface area contributed by atoms with Crippen LogP contribution in [0.3, 0.4) is 0 Å². The molecule has 1 saturated carbocycles. The van der Waals surface area contributed by atoms with Gasteiger partial charge in [-0.05, 0) is 56.2 Å². The van der Waals surface area contributed by atoms with Gasteiger partial charge in [0.15, 0.2) is 0 Å². The number of rotatable bonds is 6. The Hall–Kier alpha value is -3.37. The Morgan fingerprint density at radius 2 is 1.50 bits per heavy atom. The zero-order chi connectivity index (χ0) is 27.1. The van der Waals surface area contributed by atoms with Gasteiger partial charge in [-0.2, -0.15) is 9.40 Å². The summed E-state index contributed by atoms with van der Waals surface area (Å²) in [7, 11) is -3.12. The third kappa shape index (κ3) is 5.71. The molecule has 1 aliphatic heterocycles. The van der Waals surface area contributed by atoms with Gasteiger partial charge in [0.05, 0.1) is 16.6 Å². The van der Waals surface area contributed by atoms with Gasteiger partial charge in [-0.1, -0.05) is 38.5 Å². The summed E-state index contributed by atoms with van der Waals surface area (Å²) in [6.45, 7) is 10.6. The molecular weight excluding hydrogens is 500 g/mol. The van der Waals surface area contributed by atoms with Crippen molar-refractivity contribution in [3.05, 3.63) is 65.9 Å².